The van der Waals surface area contributed by atoms with Gasteiger partial charge < -0.3 is 4.57 Å². The number of hydrogen-bond donors (Lipinski definition) is 0. The van der Waals surface area contributed by atoms with Crippen molar-refractivity contribution in [1.29, 1.82) is 0 Å². The molecule has 1 aromatic rings. The van der Waals surface area contributed by atoms with Crippen molar-refractivity contribution in [3.8, 4) is 0 Å². The molecule has 67 valence electrons. The Morgan fingerprint density at radius 3 is 2.50 bits per heavy atom. The molecular formula is C9H15N2O. The molecule has 1 aromatic heterocycles. The Morgan fingerprint density at radius 2 is 2.17 bits per heavy atom. The van der Waals surface area contributed by atoms with Crippen molar-refractivity contribution >= 4 is 0 Å². The minimum Gasteiger partial charge on any atom is -0.331 e. The van der Waals surface area contributed by atoms with Crippen LogP contribution < -0.4 is 0 Å². The molecule has 1 rings (SSSR count). The molecule has 0 saturated heterocycles. The van der Waals surface area contributed by atoms with Gasteiger partial charge in [-0.1, -0.05) is 20.8 Å². The standard InChI is InChI=1S/C9H15N2O/c1-9(2,3)8(6-12)11-5-4-10-7-11/h4-5,7-8H,6H2,1-3H3. The fourth-order valence-electron chi connectivity index (χ4n) is 1.24. The number of nitrogens with zero attached hydrogens (tertiary/aromatic N) is 2. The zero-order valence-corrected chi connectivity index (χ0v) is 7.82. The molecule has 0 spiro atoms. The fraction of sp³-hybridized carbons (Fsp3) is 0.667. The predicted molar refractivity (Wildman–Crippen MR) is 46.3 cm³/mol. The second-order valence-corrected chi connectivity index (χ2v) is 4.06. The monoisotopic (exact) mass is 167 g/mol. The summed E-state index contributed by atoms with van der Waals surface area (Å²) < 4.78 is 1.88. The quantitative estimate of drug-likeness (QED) is 0.662. The number of imidazole rings is 1. The van der Waals surface area contributed by atoms with E-state index in [2.05, 4.69) is 25.8 Å². The van der Waals surface area contributed by atoms with Crippen LogP contribution in [0.5, 0.6) is 0 Å². The van der Waals surface area contributed by atoms with Gasteiger partial charge in [0.25, 0.3) is 0 Å². The Hall–Kier alpha value is -0.830. The normalized spacial score (nSPS) is 14.7. The van der Waals surface area contributed by atoms with Gasteiger partial charge in [-0.2, -0.15) is 0 Å². The van der Waals surface area contributed by atoms with Crippen molar-refractivity contribution in [3.05, 3.63) is 18.7 Å². The molecule has 0 fully saturated rings. The molecule has 1 heterocycles. The molecule has 12 heavy (non-hydrogen) atoms. The Bertz CT molecular complexity index is 223. The van der Waals surface area contributed by atoms with Crippen molar-refractivity contribution in [3.63, 3.8) is 0 Å². The molecule has 0 aliphatic heterocycles. The highest BCUT2D eigenvalue weighted by atomic mass is 16.3. The van der Waals surface area contributed by atoms with E-state index >= 15 is 0 Å². The maximum Gasteiger partial charge on any atom is 0.103 e. The summed E-state index contributed by atoms with van der Waals surface area (Å²) in [7, 11) is 0. The van der Waals surface area contributed by atoms with Crippen molar-refractivity contribution in [2.75, 3.05) is 6.61 Å². The van der Waals surface area contributed by atoms with E-state index in [-0.39, 0.29) is 18.1 Å². The molecule has 3 heteroatoms. The Labute approximate surface area is 73.1 Å². The van der Waals surface area contributed by atoms with Gasteiger partial charge in [0.2, 0.25) is 0 Å². The highest BCUT2D eigenvalue weighted by molar-refractivity contribution is 4.86. The summed E-state index contributed by atoms with van der Waals surface area (Å²) in [5.74, 6) is 0. The molecule has 0 aliphatic rings. The summed E-state index contributed by atoms with van der Waals surface area (Å²) in [5.41, 5.74) is 0.00243. The second kappa shape index (κ2) is 3.27. The van der Waals surface area contributed by atoms with Crippen molar-refractivity contribution in [2.24, 2.45) is 5.41 Å². The van der Waals surface area contributed by atoms with E-state index in [1.165, 1.54) is 0 Å². The minimum absolute atomic E-state index is 0.000000000000000666. The SMILES string of the molecule is CC(C)(C)C(C[O])n1ccnc1. The molecule has 1 atom stereocenters. The van der Waals surface area contributed by atoms with E-state index in [1.54, 1.807) is 12.5 Å². The lowest BCUT2D eigenvalue weighted by Gasteiger charge is -2.29. The first-order valence-electron chi connectivity index (χ1n) is 4.11. The third-order valence-electron chi connectivity index (χ3n) is 2.04. The van der Waals surface area contributed by atoms with E-state index in [9.17, 15) is 5.11 Å². The highest BCUT2D eigenvalue weighted by Gasteiger charge is 2.25. The van der Waals surface area contributed by atoms with Gasteiger partial charge in [0.15, 0.2) is 0 Å². The molecular weight excluding hydrogens is 152 g/mol. The van der Waals surface area contributed by atoms with Gasteiger partial charge in [-0.25, -0.2) is 10.1 Å². The van der Waals surface area contributed by atoms with Crippen LogP contribution in [-0.2, 0) is 5.11 Å². The van der Waals surface area contributed by atoms with Gasteiger partial charge in [-0.05, 0) is 5.41 Å². The Kier molecular flexibility index (Phi) is 2.52. The first kappa shape index (κ1) is 9.26. The van der Waals surface area contributed by atoms with Crippen LogP contribution in [0.1, 0.15) is 26.8 Å². The Balaban J connectivity index is 2.84. The van der Waals surface area contributed by atoms with E-state index in [0.717, 1.165) is 0 Å². The van der Waals surface area contributed by atoms with E-state index < -0.39 is 0 Å². The Morgan fingerprint density at radius 1 is 1.50 bits per heavy atom. The maximum atomic E-state index is 10.9. The van der Waals surface area contributed by atoms with E-state index in [1.807, 2.05) is 10.8 Å². The third-order valence-corrected chi connectivity index (χ3v) is 2.04. The average molecular weight is 167 g/mol. The highest BCUT2D eigenvalue weighted by Crippen LogP contribution is 2.29. The molecule has 0 saturated carbocycles. The van der Waals surface area contributed by atoms with E-state index in [4.69, 9.17) is 0 Å². The molecule has 3 nitrogen and oxygen atoms in total. The molecule has 1 unspecified atom stereocenters. The van der Waals surface area contributed by atoms with E-state index in [0.29, 0.717) is 0 Å². The van der Waals surface area contributed by atoms with Crippen LogP contribution in [0.15, 0.2) is 18.7 Å². The zero-order valence-electron chi connectivity index (χ0n) is 7.82. The summed E-state index contributed by atoms with van der Waals surface area (Å²) in [5, 5.41) is 10.9. The van der Waals surface area contributed by atoms with Crippen molar-refractivity contribution < 1.29 is 5.11 Å². The summed E-state index contributed by atoms with van der Waals surface area (Å²) in [6, 6.07) is -0.000000000000000666. The first-order chi connectivity index (χ1) is 5.55. The maximum absolute atomic E-state index is 10.9. The lowest BCUT2D eigenvalue weighted by atomic mass is 9.87. The van der Waals surface area contributed by atoms with Crippen LogP contribution in [0.2, 0.25) is 0 Å². The van der Waals surface area contributed by atoms with Gasteiger partial charge in [0.1, 0.15) is 6.61 Å². The topological polar surface area (TPSA) is 37.7 Å². The molecule has 0 amide bonds. The van der Waals surface area contributed by atoms with Crippen LogP contribution in [0.25, 0.3) is 0 Å². The van der Waals surface area contributed by atoms with Crippen LogP contribution in [0, 0.1) is 5.41 Å². The summed E-state index contributed by atoms with van der Waals surface area (Å²) >= 11 is 0. The van der Waals surface area contributed by atoms with Gasteiger partial charge in [-0.3, -0.25) is 0 Å². The summed E-state index contributed by atoms with van der Waals surface area (Å²) in [6.07, 6.45) is 5.25. The third kappa shape index (κ3) is 1.85. The van der Waals surface area contributed by atoms with Gasteiger partial charge >= 0.3 is 0 Å². The number of aromatic nitrogens is 2. The number of rotatable bonds is 2. The van der Waals surface area contributed by atoms with Crippen molar-refractivity contribution in [1.82, 2.24) is 9.55 Å². The second-order valence-electron chi connectivity index (χ2n) is 4.06. The van der Waals surface area contributed by atoms with Gasteiger partial charge in [0, 0.05) is 12.4 Å². The molecule has 1 radical (unpaired) electrons. The molecule has 0 aliphatic carbocycles. The van der Waals surface area contributed by atoms with Gasteiger partial charge in [0.05, 0.1) is 12.4 Å². The summed E-state index contributed by atoms with van der Waals surface area (Å²) in [6.45, 7) is 6.10. The van der Waals surface area contributed by atoms with Crippen LogP contribution in [0.3, 0.4) is 0 Å². The molecule has 0 aromatic carbocycles. The lowest BCUT2D eigenvalue weighted by Crippen LogP contribution is -2.26. The predicted octanol–water partition coefficient (Wildman–Crippen LogP) is 1.90. The first-order valence-corrected chi connectivity index (χ1v) is 4.11. The van der Waals surface area contributed by atoms with Gasteiger partial charge in [-0.15, -0.1) is 0 Å². The molecule has 0 N–H and O–H groups in total. The lowest BCUT2D eigenvalue weighted by molar-refractivity contribution is 0.0868. The zero-order chi connectivity index (χ0) is 9.19. The van der Waals surface area contributed by atoms with Crippen LogP contribution in [-0.4, -0.2) is 16.2 Å². The minimum atomic E-state index is -0.0974. The average Bonchev–Trinajstić information content (AvgIpc) is 2.38. The molecule has 0 bridgehead atoms. The summed E-state index contributed by atoms with van der Waals surface area (Å²) in [4.78, 5) is 3.93. The van der Waals surface area contributed by atoms with Crippen LogP contribution >= 0.6 is 0 Å². The largest absolute Gasteiger partial charge is 0.331 e. The number of hydrogen-bond acceptors (Lipinski definition) is 1. The smallest absolute Gasteiger partial charge is 0.103 e. The van der Waals surface area contributed by atoms with Crippen LogP contribution in [0.4, 0.5) is 0 Å². The fourth-order valence-corrected chi connectivity index (χ4v) is 1.24. The van der Waals surface area contributed by atoms with Crippen molar-refractivity contribution in [2.45, 2.75) is 26.8 Å².